The van der Waals surface area contributed by atoms with Crippen molar-refractivity contribution in [1.82, 2.24) is 9.29 Å². The molecular weight excluding hydrogens is 266 g/mol. The Labute approximate surface area is 112 Å². The average Bonchev–Trinajstić information content (AvgIpc) is 2.70. The summed E-state index contributed by atoms with van der Waals surface area (Å²) >= 11 is 0. The fraction of sp³-hybridized carbons (Fsp3) is 0.455. The van der Waals surface area contributed by atoms with Gasteiger partial charge in [0.15, 0.2) is 5.96 Å². The zero-order valence-corrected chi connectivity index (χ0v) is 11.3. The molecule has 8 heteroatoms. The van der Waals surface area contributed by atoms with E-state index in [1.807, 2.05) is 6.07 Å². The Kier molecular flexibility index (Phi) is 4.33. The van der Waals surface area contributed by atoms with E-state index in [9.17, 15) is 8.42 Å². The van der Waals surface area contributed by atoms with Gasteiger partial charge in [-0.2, -0.15) is 0 Å². The smallest absolute Gasteiger partial charge is 0.214 e. The zero-order chi connectivity index (χ0) is 13.7. The summed E-state index contributed by atoms with van der Waals surface area (Å²) in [5.74, 6) is 1.08. The fourth-order valence-corrected chi connectivity index (χ4v) is 3.35. The molecule has 1 fully saturated rings. The van der Waals surface area contributed by atoms with Gasteiger partial charge in [0.2, 0.25) is 10.0 Å². The summed E-state index contributed by atoms with van der Waals surface area (Å²) in [6, 6.07) is 5.41. The number of aliphatic imine (C=N–C) groups is 1. The lowest BCUT2D eigenvalue weighted by atomic mass is 10.4. The summed E-state index contributed by atoms with van der Waals surface area (Å²) in [5.41, 5.74) is 5.69. The number of nitrogens with zero attached hydrogens (tertiary/aromatic N) is 3. The minimum Gasteiger partial charge on any atom is -0.370 e. The third kappa shape index (κ3) is 3.90. The van der Waals surface area contributed by atoms with Gasteiger partial charge in [-0.25, -0.2) is 17.7 Å². The van der Waals surface area contributed by atoms with Gasteiger partial charge in [-0.15, -0.1) is 0 Å². The molecule has 104 valence electrons. The second-order valence-electron chi connectivity index (χ2n) is 4.18. The SMILES string of the molecule is NC(=NCCN1CCCS1(=O)=O)Nc1ccccn1. The number of pyridine rings is 1. The maximum atomic E-state index is 11.5. The maximum absolute atomic E-state index is 11.5. The third-order valence-electron chi connectivity index (χ3n) is 2.76. The molecule has 3 N–H and O–H groups in total. The van der Waals surface area contributed by atoms with E-state index in [1.54, 1.807) is 18.3 Å². The Hall–Kier alpha value is -1.67. The number of sulfonamides is 1. The monoisotopic (exact) mass is 283 g/mol. The number of hydrogen-bond acceptors (Lipinski definition) is 4. The lowest BCUT2D eigenvalue weighted by Gasteiger charge is -2.12. The number of rotatable bonds is 4. The first-order valence-electron chi connectivity index (χ1n) is 6.04. The predicted molar refractivity (Wildman–Crippen MR) is 74.3 cm³/mol. The van der Waals surface area contributed by atoms with Gasteiger partial charge in [0.05, 0.1) is 12.3 Å². The van der Waals surface area contributed by atoms with Gasteiger partial charge < -0.3 is 11.1 Å². The lowest BCUT2D eigenvalue weighted by Crippen LogP contribution is -2.30. The van der Waals surface area contributed by atoms with E-state index in [4.69, 9.17) is 5.73 Å². The van der Waals surface area contributed by atoms with Crippen LogP contribution in [0, 0.1) is 0 Å². The van der Waals surface area contributed by atoms with Crippen LogP contribution in [0.5, 0.6) is 0 Å². The quantitative estimate of drug-likeness (QED) is 0.591. The van der Waals surface area contributed by atoms with Crippen molar-refractivity contribution in [3.63, 3.8) is 0 Å². The summed E-state index contributed by atoms with van der Waals surface area (Å²) < 4.78 is 24.5. The molecule has 0 unspecified atom stereocenters. The first-order chi connectivity index (χ1) is 9.08. The second kappa shape index (κ2) is 5.98. The summed E-state index contributed by atoms with van der Waals surface area (Å²) in [7, 11) is -3.05. The van der Waals surface area contributed by atoms with Crippen LogP contribution in [0.15, 0.2) is 29.4 Å². The van der Waals surface area contributed by atoms with Gasteiger partial charge in [-0.1, -0.05) is 6.07 Å². The van der Waals surface area contributed by atoms with Crippen LogP contribution in [0.25, 0.3) is 0 Å². The van der Waals surface area contributed by atoms with Crippen molar-refractivity contribution in [1.29, 1.82) is 0 Å². The molecule has 1 saturated heterocycles. The molecule has 19 heavy (non-hydrogen) atoms. The van der Waals surface area contributed by atoms with Crippen LogP contribution in [0.1, 0.15) is 6.42 Å². The number of guanidine groups is 1. The third-order valence-corrected chi connectivity index (χ3v) is 4.71. The Balaban J connectivity index is 1.82. The lowest BCUT2D eigenvalue weighted by molar-refractivity contribution is 0.452. The molecule has 0 radical (unpaired) electrons. The van der Waals surface area contributed by atoms with Crippen LogP contribution >= 0.6 is 0 Å². The highest BCUT2D eigenvalue weighted by molar-refractivity contribution is 7.89. The number of nitrogens with two attached hydrogens (primary N) is 1. The van der Waals surface area contributed by atoms with Gasteiger partial charge >= 0.3 is 0 Å². The van der Waals surface area contributed by atoms with Crippen molar-refractivity contribution in [2.24, 2.45) is 10.7 Å². The van der Waals surface area contributed by atoms with E-state index in [2.05, 4.69) is 15.3 Å². The molecule has 2 heterocycles. The first-order valence-corrected chi connectivity index (χ1v) is 7.65. The second-order valence-corrected chi connectivity index (χ2v) is 6.26. The topological polar surface area (TPSA) is 101 Å². The molecule has 1 aromatic heterocycles. The molecule has 1 aliphatic rings. The molecule has 1 aromatic rings. The highest BCUT2D eigenvalue weighted by Crippen LogP contribution is 2.12. The minimum absolute atomic E-state index is 0.232. The fourth-order valence-electron chi connectivity index (χ4n) is 1.83. The first kappa shape index (κ1) is 13.8. The standard InChI is InChI=1S/C11H17N5O2S/c12-11(15-10-4-1-2-5-13-10)14-6-8-16-7-3-9-19(16,17)18/h1-2,4-5H,3,6-9H2,(H3,12,13,14,15). The van der Waals surface area contributed by atoms with Gasteiger partial charge in [-0.3, -0.25) is 4.99 Å². The van der Waals surface area contributed by atoms with Gasteiger partial charge in [0, 0.05) is 19.3 Å². The molecule has 0 aromatic carbocycles. The van der Waals surface area contributed by atoms with E-state index in [1.165, 1.54) is 4.31 Å². The highest BCUT2D eigenvalue weighted by atomic mass is 32.2. The van der Waals surface area contributed by atoms with Crippen molar-refractivity contribution in [3.8, 4) is 0 Å². The predicted octanol–water partition coefficient (Wildman–Crippen LogP) is -0.156. The molecule has 7 nitrogen and oxygen atoms in total. The molecule has 0 aliphatic carbocycles. The van der Waals surface area contributed by atoms with Crippen LogP contribution in [0.4, 0.5) is 5.82 Å². The molecule has 1 aliphatic heterocycles. The van der Waals surface area contributed by atoms with Crippen molar-refractivity contribution in [2.45, 2.75) is 6.42 Å². The number of nitrogens with one attached hydrogen (secondary N) is 1. The Morgan fingerprint density at radius 2 is 2.37 bits per heavy atom. The summed E-state index contributed by atoms with van der Waals surface area (Å²) in [6.07, 6.45) is 2.33. The Bertz CT molecular complexity index is 543. The minimum atomic E-state index is -3.05. The van der Waals surface area contributed by atoms with Crippen molar-refractivity contribution >= 4 is 21.8 Å². The van der Waals surface area contributed by atoms with Crippen molar-refractivity contribution in [3.05, 3.63) is 24.4 Å². The number of anilines is 1. The molecule has 2 rings (SSSR count). The van der Waals surface area contributed by atoms with E-state index in [0.29, 0.717) is 31.9 Å². The highest BCUT2D eigenvalue weighted by Gasteiger charge is 2.27. The number of hydrogen-bond donors (Lipinski definition) is 2. The molecular formula is C11H17N5O2S. The Morgan fingerprint density at radius 1 is 1.53 bits per heavy atom. The summed E-state index contributed by atoms with van der Waals surface area (Å²) in [4.78, 5) is 8.13. The van der Waals surface area contributed by atoms with E-state index in [0.717, 1.165) is 0 Å². The Morgan fingerprint density at radius 3 is 3.00 bits per heavy atom. The average molecular weight is 283 g/mol. The van der Waals surface area contributed by atoms with Crippen LogP contribution in [-0.4, -0.2) is 49.1 Å². The van der Waals surface area contributed by atoms with E-state index < -0.39 is 10.0 Å². The van der Waals surface area contributed by atoms with Crippen LogP contribution < -0.4 is 11.1 Å². The maximum Gasteiger partial charge on any atom is 0.214 e. The molecule has 0 atom stereocenters. The largest absolute Gasteiger partial charge is 0.370 e. The van der Waals surface area contributed by atoms with E-state index in [-0.39, 0.29) is 11.7 Å². The van der Waals surface area contributed by atoms with Crippen LogP contribution in [0.2, 0.25) is 0 Å². The summed E-state index contributed by atoms with van der Waals surface area (Å²) in [6.45, 7) is 1.28. The normalized spacial score (nSPS) is 19.5. The zero-order valence-electron chi connectivity index (χ0n) is 10.5. The van der Waals surface area contributed by atoms with Crippen molar-refractivity contribution < 1.29 is 8.42 Å². The molecule has 0 amide bonds. The van der Waals surface area contributed by atoms with Gasteiger partial charge in [-0.05, 0) is 18.6 Å². The van der Waals surface area contributed by atoms with Crippen molar-refractivity contribution in [2.75, 3.05) is 30.7 Å². The molecule has 0 bridgehead atoms. The van der Waals surface area contributed by atoms with E-state index >= 15 is 0 Å². The van der Waals surface area contributed by atoms with Crippen LogP contribution in [-0.2, 0) is 10.0 Å². The molecule has 0 saturated carbocycles. The van der Waals surface area contributed by atoms with Crippen LogP contribution in [0.3, 0.4) is 0 Å². The number of aromatic nitrogens is 1. The van der Waals surface area contributed by atoms with Gasteiger partial charge in [0.1, 0.15) is 5.82 Å². The summed E-state index contributed by atoms with van der Waals surface area (Å²) in [5, 5.41) is 2.84. The van der Waals surface area contributed by atoms with Gasteiger partial charge in [0.25, 0.3) is 0 Å². The molecule has 0 spiro atoms.